The second kappa shape index (κ2) is 9.33. The minimum absolute atomic E-state index is 0.0334. The van der Waals surface area contributed by atoms with Gasteiger partial charge in [-0.05, 0) is 60.5 Å². The summed E-state index contributed by atoms with van der Waals surface area (Å²) in [7, 11) is 0. The van der Waals surface area contributed by atoms with E-state index in [-0.39, 0.29) is 5.78 Å². The number of carbonyl (C=O) groups excluding carboxylic acids is 2. The number of ether oxygens (including phenoxy) is 2. The van der Waals surface area contributed by atoms with E-state index < -0.39 is 5.97 Å². The molecule has 4 nitrogen and oxygen atoms in total. The third-order valence-corrected chi connectivity index (χ3v) is 4.02. The molecule has 0 amide bonds. The lowest BCUT2D eigenvalue weighted by molar-refractivity contribution is -0.128. The van der Waals surface area contributed by atoms with Crippen LogP contribution in [0.4, 0.5) is 0 Å². The van der Waals surface area contributed by atoms with Crippen LogP contribution in [0.3, 0.4) is 0 Å². The lowest BCUT2D eigenvalue weighted by atomic mass is 10.1. The molecule has 0 aromatic heterocycles. The molecule has 0 aliphatic rings. The Morgan fingerprint density at radius 3 is 2.11 bits per heavy atom. The molecule has 0 radical (unpaired) electrons. The molecule has 140 valence electrons. The van der Waals surface area contributed by atoms with Gasteiger partial charge in [-0.3, -0.25) is 4.79 Å². The van der Waals surface area contributed by atoms with Gasteiger partial charge in [0.2, 0.25) is 0 Å². The molecule has 0 atom stereocenters. The molecule has 4 heteroatoms. The van der Waals surface area contributed by atoms with E-state index in [1.165, 1.54) is 13.0 Å². The Balaban J connectivity index is 1.52. The van der Waals surface area contributed by atoms with Crippen molar-refractivity contribution in [3.63, 3.8) is 0 Å². The first kappa shape index (κ1) is 19.1. The number of hydrogen-bond acceptors (Lipinski definition) is 4. The van der Waals surface area contributed by atoms with Crippen LogP contribution in [0.15, 0.2) is 84.9 Å². The van der Waals surface area contributed by atoms with Gasteiger partial charge in [-0.1, -0.05) is 42.5 Å². The van der Waals surface area contributed by atoms with Gasteiger partial charge >= 0.3 is 5.97 Å². The maximum absolute atomic E-state index is 11.9. The normalized spacial score (nSPS) is 10.6. The number of benzene rings is 3. The van der Waals surface area contributed by atoms with Crippen molar-refractivity contribution in [1.82, 2.24) is 0 Å². The number of Topliss-reactive ketones (excluding diaryl/α,β-unsaturated/α-hetero) is 1. The zero-order chi connectivity index (χ0) is 19.8. The van der Waals surface area contributed by atoms with E-state index in [0.29, 0.717) is 17.9 Å². The van der Waals surface area contributed by atoms with E-state index >= 15 is 0 Å². The summed E-state index contributed by atoms with van der Waals surface area (Å²) in [6.07, 6.45) is 3.03. The SMILES string of the molecule is CC(=O)c1ccc(OC(=O)/C=C/c2ccc(OCc3ccccc3)cc2)cc1. The summed E-state index contributed by atoms with van der Waals surface area (Å²) in [5, 5.41) is 0. The predicted molar refractivity (Wildman–Crippen MR) is 108 cm³/mol. The average molecular weight is 372 g/mol. The van der Waals surface area contributed by atoms with Crippen molar-refractivity contribution in [2.75, 3.05) is 0 Å². The Bertz CT molecular complexity index is 956. The van der Waals surface area contributed by atoms with Crippen LogP contribution in [0, 0.1) is 0 Å². The lowest BCUT2D eigenvalue weighted by Crippen LogP contribution is -2.04. The summed E-state index contributed by atoms with van der Waals surface area (Å²) in [5.74, 6) is 0.632. The molecule has 3 aromatic rings. The van der Waals surface area contributed by atoms with Crippen molar-refractivity contribution >= 4 is 17.8 Å². The van der Waals surface area contributed by atoms with Crippen molar-refractivity contribution in [3.8, 4) is 11.5 Å². The first-order valence-electron chi connectivity index (χ1n) is 8.88. The highest BCUT2D eigenvalue weighted by molar-refractivity contribution is 5.94. The van der Waals surface area contributed by atoms with Crippen LogP contribution in [0.5, 0.6) is 11.5 Å². The Labute approximate surface area is 164 Å². The van der Waals surface area contributed by atoms with E-state index in [9.17, 15) is 9.59 Å². The van der Waals surface area contributed by atoms with Gasteiger partial charge in [-0.2, -0.15) is 0 Å². The predicted octanol–water partition coefficient (Wildman–Crippen LogP) is 5.09. The first-order chi connectivity index (χ1) is 13.6. The minimum atomic E-state index is -0.486. The number of hydrogen-bond donors (Lipinski definition) is 0. The van der Waals surface area contributed by atoms with E-state index in [1.54, 1.807) is 30.3 Å². The van der Waals surface area contributed by atoms with Crippen LogP contribution < -0.4 is 9.47 Å². The molecule has 0 N–H and O–H groups in total. The van der Waals surface area contributed by atoms with Gasteiger partial charge < -0.3 is 9.47 Å². The fourth-order valence-corrected chi connectivity index (χ4v) is 2.49. The smallest absolute Gasteiger partial charge is 0.336 e. The van der Waals surface area contributed by atoms with Gasteiger partial charge in [-0.25, -0.2) is 4.79 Å². The van der Waals surface area contributed by atoms with Crippen LogP contribution in [0.2, 0.25) is 0 Å². The minimum Gasteiger partial charge on any atom is -0.489 e. The maximum Gasteiger partial charge on any atom is 0.336 e. The topological polar surface area (TPSA) is 52.6 Å². The van der Waals surface area contributed by atoms with Crippen molar-refractivity contribution in [2.45, 2.75) is 13.5 Å². The highest BCUT2D eigenvalue weighted by Crippen LogP contribution is 2.16. The summed E-state index contributed by atoms with van der Waals surface area (Å²) < 4.78 is 11.0. The molecule has 0 unspecified atom stereocenters. The van der Waals surface area contributed by atoms with Crippen molar-refractivity contribution in [2.24, 2.45) is 0 Å². The highest BCUT2D eigenvalue weighted by atomic mass is 16.5. The standard InChI is InChI=1S/C24H20O4/c1-18(25)21-10-14-23(15-11-21)28-24(26)16-9-19-7-12-22(13-8-19)27-17-20-5-3-2-4-6-20/h2-16H,17H2,1H3/b16-9+. The summed E-state index contributed by atoms with van der Waals surface area (Å²) >= 11 is 0. The number of carbonyl (C=O) groups is 2. The molecular formula is C24H20O4. The summed E-state index contributed by atoms with van der Waals surface area (Å²) in [6, 6.07) is 23.8. The molecule has 0 saturated carbocycles. The summed E-state index contributed by atoms with van der Waals surface area (Å²) in [5.41, 5.74) is 2.53. The molecule has 0 aliphatic heterocycles. The maximum atomic E-state index is 11.9. The quantitative estimate of drug-likeness (QED) is 0.251. The molecule has 0 aliphatic carbocycles. The number of esters is 1. The van der Waals surface area contributed by atoms with Gasteiger partial charge in [0.1, 0.15) is 18.1 Å². The van der Waals surface area contributed by atoms with Crippen LogP contribution >= 0.6 is 0 Å². The van der Waals surface area contributed by atoms with Crippen LogP contribution in [-0.2, 0) is 11.4 Å². The second-order valence-corrected chi connectivity index (χ2v) is 6.18. The molecule has 28 heavy (non-hydrogen) atoms. The zero-order valence-electron chi connectivity index (χ0n) is 15.5. The molecular weight excluding hydrogens is 352 g/mol. The molecule has 0 saturated heterocycles. The molecule has 0 heterocycles. The lowest BCUT2D eigenvalue weighted by Gasteiger charge is -2.06. The number of rotatable bonds is 7. The monoisotopic (exact) mass is 372 g/mol. The van der Waals surface area contributed by atoms with Crippen molar-refractivity contribution in [3.05, 3.63) is 102 Å². The largest absolute Gasteiger partial charge is 0.489 e. The van der Waals surface area contributed by atoms with E-state index in [1.807, 2.05) is 54.6 Å². The van der Waals surface area contributed by atoms with Gasteiger partial charge in [0.05, 0.1) is 0 Å². The van der Waals surface area contributed by atoms with Gasteiger partial charge in [0, 0.05) is 11.6 Å². The van der Waals surface area contributed by atoms with E-state index in [2.05, 4.69) is 0 Å². The highest BCUT2D eigenvalue weighted by Gasteiger charge is 2.03. The fraction of sp³-hybridized carbons (Fsp3) is 0.0833. The van der Waals surface area contributed by atoms with Crippen LogP contribution in [0.25, 0.3) is 6.08 Å². The van der Waals surface area contributed by atoms with Crippen LogP contribution in [0.1, 0.15) is 28.4 Å². The molecule has 0 fully saturated rings. The van der Waals surface area contributed by atoms with Gasteiger partial charge in [0.15, 0.2) is 5.78 Å². The Kier molecular flexibility index (Phi) is 6.37. The third kappa shape index (κ3) is 5.68. The summed E-state index contributed by atoms with van der Waals surface area (Å²) in [4.78, 5) is 23.2. The molecule has 0 spiro atoms. The van der Waals surface area contributed by atoms with E-state index in [4.69, 9.17) is 9.47 Å². The van der Waals surface area contributed by atoms with Gasteiger partial charge in [0.25, 0.3) is 0 Å². The van der Waals surface area contributed by atoms with Gasteiger partial charge in [-0.15, -0.1) is 0 Å². The number of ketones is 1. The first-order valence-corrected chi connectivity index (χ1v) is 8.88. The summed E-state index contributed by atoms with van der Waals surface area (Å²) in [6.45, 7) is 1.99. The Morgan fingerprint density at radius 2 is 1.46 bits per heavy atom. The van der Waals surface area contributed by atoms with Crippen LogP contribution in [-0.4, -0.2) is 11.8 Å². The van der Waals surface area contributed by atoms with Crippen molar-refractivity contribution < 1.29 is 19.1 Å². The molecule has 3 rings (SSSR count). The second-order valence-electron chi connectivity index (χ2n) is 6.18. The fourth-order valence-electron chi connectivity index (χ4n) is 2.49. The average Bonchev–Trinajstić information content (AvgIpc) is 2.72. The zero-order valence-corrected chi connectivity index (χ0v) is 15.5. The van der Waals surface area contributed by atoms with E-state index in [0.717, 1.165) is 16.9 Å². The van der Waals surface area contributed by atoms with Crippen molar-refractivity contribution in [1.29, 1.82) is 0 Å². The Morgan fingerprint density at radius 1 is 0.821 bits per heavy atom. The molecule has 0 bridgehead atoms. The third-order valence-electron chi connectivity index (χ3n) is 4.02. The Hall–Kier alpha value is -3.66. The molecule has 3 aromatic carbocycles.